The van der Waals surface area contributed by atoms with E-state index in [0.29, 0.717) is 11.4 Å². The molecule has 1 aliphatic rings. The monoisotopic (exact) mass is 551 g/mol. The fourth-order valence-corrected chi connectivity index (χ4v) is 3.99. The number of carbonyl (C=O) groups is 3. The van der Waals surface area contributed by atoms with Gasteiger partial charge in [0.1, 0.15) is 35.8 Å². The van der Waals surface area contributed by atoms with Gasteiger partial charge in [0.05, 0.1) is 5.69 Å². The maximum Gasteiger partial charge on any atom is 0.573 e. The second kappa shape index (κ2) is 11.8. The zero-order chi connectivity index (χ0) is 29.0. The highest BCUT2D eigenvalue weighted by Crippen LogP contribution is 2.32. The van der Waals surface area contributed by atoms with Crippen LogP contribution in [-0.2, 0) is 20.7 Å². The number of halogens is 3. The van der Waals surface area contributed by atoms with Gasteiger partial charge in [-0.15, -0.1) is 13.2 Å². The first-order valence-electron chi connectivity index (χ1n) is 12.3. The van der Waals surface area contributed by atoms with Crippen LogP contribution in [0.2, 0.25) is 0 Å². The lowest BCUT2D eigenvalue weighted by molar-refractivity contribution is -0.274. The van der Waals surface area contributed by atoms with Crippen LogP contribution in [0, 0.1) is 0 Å². The summed E-state index contributed by atoms with van der Waals surface area (Å²) >= 11 is 0. The average molecular weight is 552 g/mol. The molecule has 0 aromatic heterocycles. The molecule has 0 bridgehead atoms. The average Bonchev–Trinajstić information content (AvgIpc) is 2.94. The maximum atomic E-state index is 13.5. The first-order valence-corrected chi connectivity index (χ1v) is 12.3. The van der Waals surface area contributed by atoms with E-state index in [4.69, 9.17) is 9.47 Å². The van der Waals surface area contributed by atoms with Gasteiger partial charge in [0.25, 0.3) is 5.91 Å². The lowest BCUT2D eigenvalue weighted by atomic mass is 10.0. The van der Waals surface area contributed by atoms with Crippen molar-refractivity contribution in [1.29, 1.82) is 0 Å². The summed E-state index contributed by atoms with van der Waals surface area (Å²) in [6, 6.07) is 9.37. The number of anilines is 1. The molecule has 0 aliphatic carbocycles. The number of hydrogen-bond donors (Lipinski definition) is 2. The Labute approximate surface area is 224 Å². The summed E-state index contributed by atoms with van der Waals surface area (Å²) in [4.78, 5) is 41.0. The highest BCUT2D eigenvalue weighted by Gasteiger charge is 2.37. The Balaban J connectivity index is 1.88. The molecule has 212 valence electrons. The lowest BCUT2D eigenvalue weighted by Crippen LogP contribution is -2.57. The minimum absolute atomic E-state index is 0.00527. The number of alkyl carbamates (subject to hydrolysis) is 1. The molecule has 0 spiro atoms. The van der Waals surface area contributed by atoms with Crippen molar-refractivity contribution in [3.8, 4) is 11.5 Å². The molecule has 2 unspecified atom stereocenters. The maximum absolute atomic E-state index is 13.5. The molecule has 0 radical (unpaired) electrons. The number of carbonyl (C=O) groups excluding carboxylic acids is 3. The highest BCUT2D eigenvalue weighted by molar-refractivity contribution is 6.02. The Morgan fingerprint density at radius 1 is 1.08 bits per heavy atom. The molecule has 1 aliphatic heterocycles. The molecular formula is C27H32F3N3O6. The van der Waals surface area contributed by atoms with Crippen LogP contribution in [0.5, 0.6) is 11.5 Å². The molecule has 9 nitrogen and oxygen atoms in total. The van der Waals surface area contributed by atoms with E-state index in [1.807, 2.05) is 13.8 Å². The van der Waals surface area contributed by atoms with Gasteiger partial charge in [0.15, 0.2) is 0 Å². The van der Waals surface area contributed by atoms with E-state index in [2.05, 4.69) is 15.4 Å². The molecule has 3 rings (SSSR count). The minimum atomic E-state index is -4.97. The predicted molar refractivity (Wildman–Crippen MR) is 136 cm³/mol. The number of benzene rings is 2. The molecule has 2 aromatic rings. The van der Waals surface area contributed by atoms with E-state index in [1.165, 1.54) is 23.1 Å². The van der Waals surface area contributed by atoms with Crippen molar-refractivity contribution < 1.29 is 41.8 Å². The lowest BCUT2D eigenvalue weighted by Gasteiger charge is -2.29. The first-order chi connectivity index (χ1) is 18.1. The van der Waals surface area contributed by atoms with Crippen LogP contribution in [0.3, 0.4) is 0 Å². The molecule has 2 aromatic carbocycles. The smallest absolute Gasteiger partial charge is 0.489 e. The van der Waals surface area contributed by atoms with Gasteiger partial charge >= 0.3 is 12.5 Å². The second-order valence-electron chi connectivity index (χ2n) is 10.2. The Morgan fingerprint density at radius 3 is 2.36 bits per heavy atom. The summed E-state index contributed by atoms with van der Waals surface area (Å²) in [6.45, 7) is 8.28. The Bertz CT molecular complexity index is 1200. The van der Waals surface area contributed by atoms with E-state index >= 15 is 0 Å². The van der Waals surface area contributed by atoms with Crippen LogP contribution in [0.4, 0.5) is 23.7 Å². The van der Waals surface area contributed by atoms with Crippen LogP contribution in [0.1, 0.15) is 40.2 Å². The summed E-state index contributed by atoms with van der Waals surface area (Å²) in [5.41, 5.74) is -0.363. The molecule has 0 saturated heterocycles. The largest absolute Gasteiger partial charge is 0.573 e. The molecule has 0 fully saturated rings. The van der Waals surface area contributed by atoms with Gasteiger partial charge < -0.3 is 29.7 Å². The van der Waals surface area contributed by atoms with E-state index < -0.39 is 47.7 Å². The van der Waals surface area contributed by atoms with Crippen molar-refractivity contribution in [2.75, 3.05) is 11.5 Å². The topological polar surface area (TPSA) is 106 Å². The zero-order valence-electron chi connectivity index (χ0n) is 22.3. The van der Waals surface area contributed by atoms with Gasteiger partial charge in [-0.25, -0.2) is 4.79 Å². The first kappa shape index (κ1) is 29.6. The SMILES string of the molecule is CC(C)N1C(=O)C(NC(=O)C(Cc2ccccc2OC(F)(F)F)NC(=O)OC(C)(C)C)COc2ccccc21. The van der Waals surface area contributed by atoms with Crippen molar-refractivity contribution in [1.82, 2.24) is 10.6 Å². The van der Waals surface area contributed by atoms with Gasteiger partial charge in [-0.1, -0.05) is 30.3 Å². The minimum Gasteiger partial charge on any atom is -0.489 e. The number of nitrogens with zero attached hydrogens (tertiary/aromatic N) is 1. The van der Waals surface area contributed by atoms with Crippen LogP contribution < -0.4 is 25.0 Å². The number of fused-ring (bicyclic) bond motifs is 1. The molecule has 2 N–H and O–H groups in total. The summed E-state index contributed by atoms with van der Waals surface area (Å²) in [5, 5.41) is 5.00. The van der Waals surface area contributed by atoms with Crippen LogP contribution in [0.25, 0.3) is 0 Å². The number of alkyl halides is 3. The molecule has 12 heteroatoms. The van der Waals surface area contributed by atoms with Crippen molar-refractivity contribution in [2.45, 2.75) is 71.1 Å². The highest BCUT2D eigenvalue weighted by atomic mass is 19.4. The number of hydrogen-bond acceptors (Lipinski definition) is 6. The van der Waals surface area contributed by atoms with Crippen molar-refractivity contribution >= 4 is 23.6 Å². The van der Waals surface area contributed by atoms with Gasteiger partial charge in [0, 0.05) is 12.5 Å². The van der Waals surface area contributed by atoms with Crippen molar-refractivity contribution in [3.63, 3.8) is 0 Å². The van der Waals surface area contributed by atoms with Gasteiger partial charge in [-0.05, 0) is 58.4 Å². The number of rotatable bonds is 7. The second-order valence-corrected chi connectivity index (χ2v) is 10.2. The summed E-state index contributed by atoms with van der Waals surface area (Å²) in [5.74, 6) is -1.33. The van der Waals surface area contributed by atoms with Crippen LogP contribution in [-0.4, -0.2) is 54.6 Å². The number of amides is 3. The Hall–Kier alpha value is -3.96. The zero-order valence-corrected chi connectivity index (χ0v) is 22.3. The molecule has 3 amide bonds. The molecular weight excluding hydrogens is 519 g/mol. The fraction of sp³-hybridized carbons (Fsp3) is 0.444. The summed E-state index contributed by atoms with van der Waals surface area (Å²) in [7, 11) is 0. The Kier molecular flexibility index (Phi) is 8.98. The van der Waals surface area contributed by atoms with Gasteiger partial charge in [-0.2, -0.15) is 0 Å². The van der Waals surface area contributed by atoms with Gasteiger partial charge in [0.2, 0.25) is 5.91 Å². The van der Waals surface area contributed by atoms with E-state index in [-0.39, 0.29) is 24.6 Å². The molecule has 39 heavy (non-hydrogen) atoms. The molecule has 2 atom stereocenters. The predicted octanol–water partition coefficient (Wildman–Crippen LogP) is 4.34. The molecule has 1 heterocycles. The van der Waals surface area contributed by atoms with E-state index in [1.54, 1.807) is 45.0 Å². The number of nitrogens with one attached hydrogen (secondary N) is 2. The van der Waals surface area contributed by atoms with Gasteiger partial charge in [-0.3, -0.25) is 9.59 Å². The Morgan fingerprint density at radius 2 is 1.72 bits per heavy atom. The summed E-state index contributed by atoms with van der Waals surface area (Å²) in [6.07, 6.45) is -6.31. The third kappa shape index (κ3) is 8.26. The fourth-order valence-electron chi connectivity index (χ4n) is 3.99. The normalized spacial score (nSPS) is 16.5. The third-order valence-electron chi connectivity index (χ3n) is 5.53. The van der Waals surface area contributed by atoms with Crippen molar-refractivity contribution in [3.05, 3.63) is 54.1 Å². The van der Waals surface area contributed by atoms with Crippen molar-refractivity contribution in [2.24, 2.45) is 0 Å². The molecule has 0 saturated carbocycles. The van der Waals surface area contributed by atoms with E-state index in [9.17, 15) is 27.6 Å². The van der Waals surface area contributed by atoms with Crippen LogP contribution in [0.15, 0.2) is 48.5 Å². The number of ether oxygens (including phenoxy) is 3. The third-order valence-corrected chi connectivity index (χ3v) is 5.53. The van der Waals surface area contributed by atoms with E-state index in [0.717, 1.165) is 6.07 Å². The number of para-hydroxylation sites is 3. The standard InChI is InChI=1S/C27H32F3N3O6/c1-16(2)33-20-11-7-9-13-22(20)37-15-19(24(33)35)31-23(34)18(32-25(36)39-26(3,4)5)14-17-10-6-8-12-21(17)38-27(28,29)30/h6-13,16,18-19H,14-15H2,1-5H3,(H,31,34)(H,32,36). The quantitative estimate of drug-likeness (QED) is 0.531. The van der Waals surface area contributed by atoms with Crippen LogP contribution >= 0.6 is 0 Å². The summed E-state index contributed by atoms with van der Waals surface area (Å²) < 4.78 is 54.1.